The van der Waals surface area contributed by atoms with Crippen LogP contribution in [0.1, 0.15) is 36.8 Å². The molecule has 0 radical (unpaired) electrons. The van der Waals surface area contributed by atoms with E-state index in [1.165, 1.54) is 37.8 Å². The van der Waals surface area contributed by atoms with Gasteiger partial charge in [0.2, 0.25) is 5.91 Å². The normalized spacial score (nSPS) is 19.8. The Kier molecular flexibility index (Phi) is 7.82. The van der Waals surface area contributed by atoms with Gasteiger partial charge in [-0.25, -0.2) is 9.18 Å². The molecule has 2 aliphatic carbocycles. The van der Waals surface area contributed by atoms with Gasteiger partial charge in [-0.2, -0.15) is 0 Å². The number of rotatable bonds is 8. The molecule has 2 bridgehead atoms. The summed E-state index contributed by atoms with van der Waals surface area (Å²) in [7, 11) is 5.33. The second kappa shape index (κ2) is 11.4. The Morgan fingerprint density at radius 3 is 2.21 bits per heavy atom. The fourth-order valence-corrected chi connectivity index (χ4v) is 6.06. The molecule has 2 fully saturated rings. The molecule has 3 aromatic carbocycles. The first kappa shape index (κ1) is 26.7. The molecule has 0 N–H and O–H groups in total. The highest BCUT2D eigenvalue weighted by atomic mass is 19.1. The molecule has 202 valence electrons. The molecule has 0 heterocycles. The maximum Gasteiger partial charge on any atom is 0.330 e. The van der Waals surface area contributed by atoms with E-state index in [1.54, 1.807) is 11.0 Å². The quantitative estimate of drug-likeness (QED) is 0.242. The minimum Gasteiger partial charge on any atom is -0.466 e. The number of fused-ring (bicyclic) bond motifs is 2. The molecule has 2 aliphatic rings. The lowest BCUT2D eigenvalue weighted by Crippen LogP contribution is -2.38. The summed E-state index contributed by atoms with van der Waals surface area (Å²) in [6.07, 6.45) is 7.08. The Morgan fingerprint density at radius 2 is 1.62 bits per heavy atom. The molecule has 0 aliphatic heterocycles. The van der Waals surface area contributed by atoms with Gasteiger partial charge in [-0.05, 0) is 89.8 Å². The van der Waals surface area contributed by atoms with Crippen molar-refractivity contribution in [1.29, 1.82) is 0 Å². The number of amides is 1. The molecular weight excluding hydrogens is 491 g/mol. The predicted molar refractivity (Wildman–Crippen MR) is 154 cm³/mol. The highest BCUT2D eigenvalue weighted by Gasteiger charge is 2.44. The molecule has 6 heteroatoms. The lowest BCUT2D eigenvalue weighted by atomic mass is 9.87. The summed E-state index contributed by atoms with van der Waals surface area (Å²) in [5.74, 6) is 0.0702. The Labute approximate surface area is 229 Å². The van der Waals surface area contributed by atoms with E-state index in [9.17, 15) is 14.0 Å². The second-order valence-electron chi connectivity index (χ2n) is 10.9. The average Bonchev–Trinajstić information content (AvgIpc) is 3.58. The van der Waals surface area contributed by atoms with Crippen LogP contribution < -0.4 is 9.80 Å². The maximum absolute atomic E-state index is 14.8. The van der Waals surface area contributed by atoms with Gasteiger partial charge in [0, 0.05) is 37.5 Å². The number of nitrogens with zero attached hydrogens (tertiary/aromatic N) is 2. The van der Waals surface area contributed by atoms with Crippen LogP contribution >= 0.6 is 0 Å². The van der Waals surface area contributed by atoms with Crippen molar-refractivity contribution >= 4 is 29.3 Å². The van der Waals surface area contributed by atoms with Gasteiger partial charge in [-0.1, -0.05) is 42.8 Å². The highest BCUT2D eigenvalue weighted by Crippen LogP contribution is 2.49. The topological polar surface area (TPSA) is 49.9 Å². The van der Waals surface area contributed by atoms with Gasteiger partial charge in [0.05, 0.1) is 13.7 Å². The summed E-state index contributed by atoms with van der Waals surface area (Å²) in [5.41, 5.74) is 5.32. The standard InChI is InChI=1S/C33H35FN2O3/c1-35(2)29-13-11-26(12-14-29)25-8-4-22(5-9-25)21-36(33(38)31-19-23-6-10-27(31)16-23)30-18-24(17-28(34)20-30)7-15-32(37)39-3/h4-5,7-9,11-15,17-18,20,23,27,31H,6,10,16,19,21H2,1-3H3/b15-7+/t23-,27+,31-/m1/s1. The van der Waals surface area contributed by atoms with Crippen LogP contribution in [0.2, 0.25) is 0 Å². The number of ether oxygens (including phenoxy) is 1. The zero-order valence-corrected chi connectivity index (χ0v) is 22.8. The van der Waals surface area contributed by atoms with Crippen molar-refractivity contribution in [3.63, 3.8) is 0 Å². The molecule has 0 spiro atoms. The number of anilines is 2. The van der Waals surface area contributed by atoms with Crippen LogP contribution in [0, 0.1) is 23.6 Å². The van der Waals surface area contributed by atoms with Crippen molar-refractivity contribution in [2.75, 3.05) is 31.0 Å². The molecule has 0 aromatic heterocycles. The van der Waals surface area contributed by atoms with E-state index in [2.05, 4.69) is 46.0 Å². The molecular formula is C33H35FN2O3. The minimum absolute atomic E-state index is 0.0319. The summed E-state index contributed by atoms with van der Waals surface area (Å²) in [5, 5.41) is 0. The highest BCUT2D eigenvalue weighted by molar-refractivity contribution is 5.96. The number of carbonyl (C=O) groups is 2. The third kappa shape index (κ3) is 6.06. The summed E-state index contributed by atoms with van der Waals surface area (Å²) in [4.78, 5) is 29.3. The fourth-order valence-electron chi connectivity index (χ4n) is 6.06. The summed E-state index contributed by atoms with van der Waals surface area (Å²) < 4.78 is 19.4. The molecule has 3 atom stereocenters. The fraction of sp³-hybridized carbons (Fsp3) is 0.333. The van der Waals surface area contributed by atoms with Gasteiger partial charge in [-0.3, -0.25) is 4.79 Å². The van der Waals surface area contributed by atoms with Crippen molar-refractivity contribution < 1.29 is 18.7 Å². The summed E-state index contributed by atoms with van der Waals surface area (Å²) in [6.45, 7) is 0.343. The van der Waals surface area contributed by atoms with E-state index in [4.69, 9.17) is 0 Å². The summed E-state index contributed by atoms with van der Waals surface area (Å²) >= 11 is 0. The van der Waals surface area contributed by atoms with E-state index in [1.807, 2.05) is 26.2 Å². The number of halogens is 1. The van der Waals surface area contributed by atoms with E-state index in [0.717, 1.165) is 41.6 Å². The third-order valence-corrected chi connectivity index (χ3v) is 8.16. The largest absolute Gasteiger partial charge is 0.466 e. The van der Waals surface area contributed by atoms with E-state index >= 15 is 0 Å². The molecule has 39 heavy (non-hydrogen) atoms. The lowest BCUT2D eigenvalue weighted by molar-refractivity contribution is -0.134. The summed E-state index contributed by atoms with van der Waals surface area (Å²) in [6, 6.07) is 21.1. The van der Waals surface area contributed by atoms with Crippen molar-refractivity contribution in [3.05, 3.63) is 89.8 Å². The molecule has 2 saturated carbocycles. The van der Waals surface area contributed by atoms with Crippen molar-refractivity contribution in [1.82, 2.24) is 0 Å². The van der Waals surface area contributed by atoms with Gasteiger partial charge in [0.15, 0.2) is 0 Å². The van der Waals surface area contributed by atoms with Crippen LogP contribution in [0.4, 0.5) is 15.8 Å². The van der Waals surface area contributed by atoms with Crippen LogP contribution in [-0.2, 0) is 20.9 Å². The minimum atomic E-state index is -0.521. The first-order chi connectivity index (χ1) is 18.8. The van der Waals surface area contributed by atoms with Crippen LogP contribution in [-0.4, -0.2) is 33.1 Å². The Bertz CT molecular complexity index is 1360. The smallest absolute Gasteiger partial charge is 0.330 e. The van der Waals surface area contributed by atoms with Gasteiger partial charge in [-0.15, -0.1) is 0 Å². The van der Waals surface area contributed by atoms with Crippen LogP contribution in [0.5, 0.6) is 0 Å². The van der Waals surface area contributed by atoms with Crippen LogP contribution in [0.25, 0.3) is 17.2 Å². The zero-order chi connectivity index (χ0) is 27.5. The zero-order valence-electron chi connectivity index (χ0n) is 22.8. The molecule has 3 aromatic rings. The molecule has 5 nitrogen and oxygen atoms in total. The van der Waals surface area contributed by atoms with Crippen molar-refractivity contribution in [2.45, 2.75) is 32.2 Å². The van der Waals surface area contributed by atoms with E-state index < -0.39 is 11.8 Å². The Hall–Kier alpha value is -3.93. The van der Waals surface area contributed by atoms with Gasteiger partial charge in [0.1, 0.15) is 5.82 Å². The Morgan fingerprint density at radius 1 is 0.923 bits per heavy atom. The van der Waals surface area contributed by atoms with Crippen LogP contribution in [0.15, 0.2) is 72.8 Å². The SMILES string of the molecule is COC(=O)/C=C/c1cc(F)cc(N(Cc2ccc(-c3ccc(N(C)C)cc3)cc2)C(=O)[C@@H]2C[C@@H]3CC[C@H]2C3)c1. The van der Waals surface area contributed by atoms with Gasteiger partial charge in [0.25, 0.3) is 0 Å². The number of hydrogen-bond acceptors (Lipinski definition) is 4. The molecule has 5 rings (SSSR count). The molecule has 0 saturated heterocycles. The first-order valence-corrected chi connectivity index (χ1v) is 13.6. The van der Waals surface area contributed by atoms with Gasteiger partial charge < -0.3 is 14.5 Å². The second-order valence-corrected chi connectivity index (χ2v) is 10.9. The predicted octanol–water partition coefficient (Wildman–Crippen LogP) is 6.71. The van der Waals surface area contributed by atoms with Crippen molar-refractivity contribution in [3.8, 4) is 11.1 Å². The number of esters is 1. The number of benzene rings is 3. The lowest BCUT2D eigenvalue weighted by Gasteiger charge is -2.30. The van der Waals surface area contributed by atoms with E-state index in [-0.39, 0.29) is 11.8 Å². The maximum atomic E-state index is 14.8. The first-order valence-electron chi connectivity index (χ1n) is 13.6. The van der Waals surface area contributed by atoms with E-state index in [0.29, 0.717) is 29.6 Å². The number of hydrogen-bond donors (Lipinski definition) is 0. The average molecular weight is 527 g/mol. The van der Waals surface area contributed by atoms with Crippen molar-refractivity contribution in [2.24, 2.45) is 17.8 Å². The van der Waals surface area contributed by atoms with Crippen LogP contribution in [0.3, 0.4) is 0 Å². The third-order valence-electron chi connectivity index (χ3n) is 8.16. The Balaban J connectivity index is 1.43. The molecule has 1 amide bonds. The molecule has 0 unspecified atom stereocenters. The monoisotopic (exact) mass is 526 g/mol. The number of carbonyl (C=O) groups excluding carboxylic acids is 2. The van der Waals surface area contributed by atoms with Gasteiger partial charge >= 0.3 is 5.97 Å². The number of methoxy groups -OCH3 is 1.